The summed E-state index contributed by atoms with van der Waals surface area (Å²) >= 11 is 0. The van der Waals surface area contributed by atoms with Crippen LogP contribution in [0.4, 0.5) is 0 Å². The lowest BCUT2D eigenvalue weighted by Crippen LogP contribution is -2.13. The first-order valence-corrected chi connectivity index (χ1v) is 4.53. The summed E-state index contributed by atoms with van der Waals surface area (Å²) in [5.41, 5.74) is 0. The molecule has 0 aromatic rings. The molecule has 0 rings (SSSR count). The Morgan fingerprint density at radius 1 is 1.36 bits per heavy atom. The van der Waals surface area contributed by atoms with Crippen molar-refractivity contribution in [1.82, 2.24) is 0 Å². The van der Waals surface area contributed by atoms with E-state index in [-0.39, 0.29) is 6.61 Å². The summed E-state index contributed by atoms with van der Waals surface area (Å²) in [5, 5.41) is 8.80. The molecule has 1 N–H and O–H groups in total. The van der Waals surface area contributed by atoms with Crippen LogP contribution in [0.2, 0.25) is 0 Å². The van der Waals surface area contributed by atoms with Crippen LogP contribution < -0.4 is 0 Å². The third kappa shape index (κ3) is 6.32. The van der Waals surface area contributed by atoms with Crippen LogP contribution in [0, 0.1) is 5.92 Å². The molecule has 68 valence electrons. The highest BCUT2D eigenvalue weighted by Crippen LogP contribution is 2.01. The second kappa shape index (κ2) is 8.02. The van der Waals surface area contributed by atoms with Crippen LogP contribution >= 0.6 is 0 Å². The normalized spacial score (nSPS) is 13.4. The SMILES string of the molecule is CCCCOCC(CC)CO. The van der Waals surface area contributed by atoms with E-state index in [9.17, 15) is 0 Å². The van der Waals surface area contributed by atoms with Crippen molar-refractivity contribution >= 4 is 0 Å². The van der Waals surface area contributed by atoms with Gasteiger partial charge in [0.1, 0.15) is 0 Å². The molecule has 0 aliphatic heterocycles. The summed E-state index contributed by atoms with van der Waals surface area (Å²) in [6.07, 6.45) is 3.31. The van der Waals surface area contributed by atoms with Crippen molar-refractivity contribution < 1.29 is 9.84 Å². The van der Waals surface area contributed by atoms with Gasteiger partial charge < -0.3 is 9.84 Å². The van der Waals surface area contributed by atoms with Gasteiger partial charge in [0, 0.05) is 19.1 Å². The van der Waals surface area contributed by atoms with Gasteiger partial charge in [-0.25, -0.2) is 0 Å². The molecule has 0 spiro atoms. The van der Waals surface area contributed by atoms with Crippen molar-refractivity contribution in [2.45, 2.75) is 33.1 Å². The first-order valence-electron chi connectivity index (χ1n) is 4.53. The molecular weight excluding hydrogens is 140 g/mol. The maximum Gasteiger partial charge on any atom is 0.0516 e. The first-order chi connectivity index (χ1) is 5.35. The van der Waals surface area contributed by atoms with Crippen molar-refractivity contribution in [3.8, 4) is 0 Å². The molecule has 0 aromatic carbocycles. The standard InChI is InChI=1S/C9H20O2/c1-3-5-6-11-8-9(4-2)7-10/h9-10H,3-8H2,1-2H3. The lowest BCUT2D eigenvalue weighted by atomic mass is 10.1. The molecule has 11 heavy (non-hydrogen) atoms. The van der Waals surface area contributed by atoms with Gasteiger partial charge in [0.2, 0.25) is 0 Å². The zero-order valence-electron chi connectivity index (χ0n) is 7.68. The highest BCUT2D eigenvalue weighted by Gasteiger charge is 2.02. The fraction of sp³-hybridized carbons (Fsp3) is 1.00. The van der Waals surface area contributed by atoms with E-state index in [1.807, 2.05) is 0 Å². The molecule has 2 nitrogen and oxygen atoms in total. The summed E-state index contributed by atoms with van der Waals surface area (Å²) in [5.74, 6) is 0.340. The minimum Gasteiger partial charge on any atom is -0.396 e. The summed E-state index contributed by atoms with van der Waals surface area (Å²) in [6, 6.07) is 0. The maximum atomic E-state index is 8.80. The average Bonchev–Trinajstić information content (AvgIpc) is 2.05. The van der Waals surface area contributed by atoms with E-state index >= 15 is 0 Å². The van der Waals surface area contributed by atoms with E-state index in [2.05, 4.69) is 13.8 Å². The number of aliphatic hydroxyl groups is 1. The van der Waals surface area contributed by atoms with Crippen LogP contribution in [0.1, 0.15) is 33.1 Å². The molecule has 1 unspecified atom stereocenters. The zero-order valence-corrected chi connectivity index (χ0v) is 7.68. The average molecular weight is 160 g/mol. The van der Waals surface area contributed by atoms with Gasteiger partial charge in [0.15, 0.2) is 0 Å². The van der Waals surface area contributed by atoms with Gasteiger partial charge in [0.25, 0.3) is 0 Å². The summed E-state index contributed by atoms with van der Waals surface area (Å²) in [4.78, 5) is 0. The third-order valence-electron chi connectivity index (χ3n) is 1.83. The fourth-order valence-electron chi connectivity index (χ4n) is 0.796. The largest absolute Gasteiger partial charge is 0.396 e. The molecule has 0 aliphatic rings. The van der Waals surface area contributed by atoms with Gasteiger partial charge in [-0.1, -0.05) is 20.3 Å². The van der Waals surface area contributed by atoms with Crippen molar-refractivity contribution in [2.75, 3.05) is 19.8 Å². The Labute approximate surface area is 69.6 Å². The van der Waals surface area contributed by atoms with Crippen molar-refractivity contribution in [3.63, 3.8) is 0 Å². The van der Waals surface area contributed by atoms with E-state index in [1.165, 1.54) is 6.42 Å². The predicted octanol–water partition coefficient (Wildman–Crippen LogP) is 1.82. The number of ether oxygens (including phenoxy) is 1. The number of unbranched alkanes of at least 4 members (excludes halogenated alkanes) is 1. The van der Waals surface area contributed by atoms with E-state index < -0.39 is 0 Å². The molecule has 0 saturated heterocycles. The minimum absolute atomic E-state index is 0.253. The molecule has 2 heteroatoms. The predicted molar refractivity (Wildman–Crippen MR) is 46.6 cm³/mol. The maximum absolute atomic E-state index is 8.80. The summed E-state index contributed by atoms with van der Waals surface area (Å²) < 4.78 is 5.36. The molecule has 0 bridgehead atoms. The van der Waals surface area contributed by atoms with Crippen LogP contribution in [0.5, 0.6) is 0 Å². The van der Waals surface area contributed by atoms with Gasteiger partial charge in [-0.2, -0.15) is 0 Å². The summed E-state index contributed by atoms with van der Waals surface area (Å²) in [7, 11) is 0. The smallest absolute Gasteiger partial charge is 0.0516 e. The second-order valence-electron chi connectivity index (χ2n) is 2.89. The lowest BCUT2D eigenvalue weighted by Gasteiger charge is -2.11. The van der Waals surface area contributed by atoms with Crippen molar-refractivity contribution in [3.05, 3.63) is 0 Å². The van der Waals surface area contributed by atoms with Gasteiger partial charge in [-0.3, -0.25) is 0 Å². The molecular formula is C9H20O2. The van der Waals surface area contributed by atoms with Crippen LogP contribution in [-0.4, -0.2) is 24.9 Å². The van der Waals surface area contributed by atoms with Crippen LogP contribution in [0.15, 0.2) is 0 Å². The molecule has 0 radical (unpaired) electrons. The number of aliphatic hydroxyl groups excluding tert-OH is 1. The van der Waals surface area contributed by atoms with Crippen LogP contribution in [0.25, 0.3) is 0 Å². The Bertz CT molecular complexity index is 70.0. The van der Waals surface area contributed by atoms with E-state index in [4.69, 9.17) is 9.84 Å². The Kier molecular flexibility index (Phi) is 7.96. The molecule has 0 aliphatic carbocycles. The zero-order chi connectivity index (χ0) is 8.53. The van der Waals surface area contributed by atoms with E-state index in [0.29, 0.717) is 12.5 Å². The van der Waals surface area contributed by atoms with Gasteiger partial charge >= 0.3 is 0 Å². The molecule has 0 heterocycles. The highest BCUT2D eigenvalue weighted by atomic mass is 16.5. The Balaban J connectivity index is 3.07. The monoisotopic (exact) mass is 160 g/mol. The fourth-order valence-corrected chi connectivity index (χ4v) is 0.796. The van der Waals surface area contributed by atoms with Gasteiger partial charge in [-0.15, -0.1) is 0 Å². The van der Waals surface area contributed by atoms with E-state index in [1.54, 1.807) is 0 Å². The summed E-state index contributed by atoms with van der Waals surface area (Å²) in [6.45, 7) is 6.03. The Hall–Kier alpha value is -0.0800. The molecule has 0 aromatic heterocycles. The second-order valence-corrected chi connectivity index (χ2v) is 2.89. The first kappa shape index (κ1) is 10.9. The highest BCUT2D eigenvalue weighted by molar-refractivity contribution is 4.52. The topological polar surface area (TPSA) is 29.5 Å². The molecule has 0 amide bonds. The quantitative estimate of drug-likeness (QED) is 0.576. The molecule has 1 atom stereocenters. The van der Waals surface area contributed by atoms with Crippen molar-refractivity contribution in [2.24, 2.45) is 5.92 Å². The van der Waals surface area contributed by atoms with Crippen molar-refractivity contribution in [1.29, 1.82) is 0 Å². The molecule has 0 fully saturated rings. The number of rotatable bonds is 7. The van der Waals surface area contributed by atoms with Gasteiger partial charge in [-0.05, 0) is 12.8 Å². The minimum atomic E-state index is 0.253. The molecule has 0 saturated carbocycles. The van der Waals surface area contributed by atoms with Crippen LogP contribution in [-0.2, 0) is 4.74 Å². The van der Waals surface area contributed by atoms with Crippen LogP contribution in [0.3, 0.4) is 0 Å². The van der Waals surface area contributed by atoms with Gasteiger partial charge in [0.05, 0.1) is 6.61 Å². The van der Waals surface area contributed by atoms with E-state index in [0.717, 1.165) is 19.4 Å². The number of hydrogen-bond acceptors (Lipinski definition) is 2. The lowest BCUT2D eigenvalue weighted by molar-refractivity contribution is 0.0698. The number of hydrogen-bond donors (Lipinski definition) is 1. The Morgan fingerprint density at radius 3 is 2.55 bits per heavy atom. The Morgan fingerprint density at radius 2 is 2.09 bits per heavy atom. The third-order valence-corrected chi connectivity index (χ3v) is 1.83.